The number of oxazole rings is 1. The zero-order valence-corrected chi connectivity index (χ0v) is 17.5. The van der Waals surface area contributed by atoms with Gasteiger partial charge in [0.2, 0.25) is 0 Å². The Bertz CT molecular complexity index is 926. The van der Waals surface area contributed by atoms with Crippen molar-refractivity contribution in [1.29, 1.82) is 0 Å². The first-order valence-corrected chi connectivity index (χ1v) is 10.8. The molecule has 3 aromatic rings. The number of fused-ring (bicyclic) bond motifs is 1. The molecule has 1 saturated heterocycles. The second kappa shape index (κ2) is 9.65. The van der Waals surface area contributed by atoms with E-state index in [2.05, 4.69) is 22.1 Å². The summed E-state index contributed by atoms with van der Waals surface area (Å²) in [6.07, 6.45) is 4.15. The number of nitrogens with one attached hydrogen (secondary N) is 1. The molecule has 1 N–H and O–H groups in total. The van der Waals surface area contributed by atoms with Crippen molar-refractivity contribution in [2.75, 3.05) is 31.1 Å². The fourth-order valence-corrected chi connectivity index (χ4v) is 3.70. The maximum atomic E-state index is 12.5. The molecule has 0 atom stereocenters. The molecule has 1 amide bonds. The average Bonchev–Trinajstić information content (AvgIpc) is 3.23. The van der Waals surface area contributed by atoms with E-state index in [0.29, 0.717) is 30.6 Å². The van der Waals surface area contributed by atoms with E-state index in [0.717, 1.165) is 55.6 Å². The summed E-state index contributed by atoms with van der Waals surface area (Å²) in [6.45, 7) is 5.31. The Kier molecular flexibility index (Phi) is 6.52. The second-order valence-electron chi connectivity index (χ2n) is 7.83. The van der Waals surface area contributed by atoms with Gasteiger partial charge in [-0.25, -0.2) is 0 Å². The molecule has 6 nitrogen and oxygen atoms in total. The van der Waals surface area contributed by atoms with Crippen molar-refractivity contribution in [2.24, 2.45) is 5.92 Å². The first-order chi connectivity index (χ1) is 14.7. The highest BCUT2D eigenvalue weighted by Gasteiger charge is 2.23. The number of hydrogen-bond acceptors (Lipinski definition) is 5. The molecule has 6 heteroatoms. The lowest BCUT2D eigenvalue weighted by Gasteiger charge is -2.30. The van der Waals surface area contributed by atoms with Crippen LogP contribution in [-0.4, -0.2) is 37.1 Å². The maximum absolute atomic E-state index is 12.5. The van der Waals surface area contributed by atoms with Crippen LogP contribution >= 0.6 is 0 Å². The van der Waals surface area contributed by atoms with Gasteiger partial charge in [-0.3, -0.25) is 4.79 Å². The van der Waals surface area contributed by atoms with E-state index in [1.54, 1.807) is 0 Å². The molecule has 1 aromatic heterocycles. The highest BCUT2D eigenvalue weighted by atomic mass is 16.5. The Labute approximate surface area is 177 Å². The number of amides is 1. The lowest BCUT2D eigenvalue weighted by atomic mass is 9.97. The monoisotopic (exact) mass is 407 g/mol. The van der Waals surface area contributed by atoms with Crippen LogP contribution in [0.15, 0.2) is 52.9 Å². The van der Waals surface area contributed by atoms with E-state index in [9.17, 15) is 4.79 Å². The lowest BCUT2D eigenvalue weighted by molar-refractivity contribution is 0.0944. The second-order valence-corrected chi connectivity index (χ2v) is 7.83. The van der Waals surface area contributed by atoms with E-state index in [1.807, 2.05) is 48.5 Å². The van der Waals surface area contributed by atoms with E-state index >= 15 is 0 Å². The number of rotatable bonds is 8. The van der Waals surface area contributed by atoms with Crippen molar-refractivity contribution >= 4 is 23.0 Å². The Balaban J connectivity index is 1.23. The smallest absolute Gasteiger partial charge is 0.298 e. The van der Waals surface area contributed by atoms with Crippen molar-refractivity contribution in [3.05, 3.63) is 54.1 Å². The average molecular weight is 408 g/mol. The number of anilines is 1. The predicted molar refractivity (Wildman–Crippen MR) is 118 cm³/mol. The molecule has 0 bridgehead atoms. The van der Waals surface area contributed by atoms with Gasteiger partial charge in [0.15, 0.2) is 5.58 Å². The quantitative estimate of drug-likeness (QED) is 0.551. The van der Waals surface area contributed by atoms with E-state index in [1.165, 1.54) is 0 Å². The molecule has 2 heterocycles. The van der Waals surface area contributed by atoms with Crippen LogP contribution in [0.3, 0.4) is 0 Å². The number of carbonyl (C=O) groups is 1. The minimum Gasteiger partial charge on any atom is -0.494 e. The first-order valence-electron chi connectivity index (χ1n) is 10.8. The molecule has 4 rings (SSSR count). The van der Waals surface area contributed by atoms with E-state index < -0.39 is 0 Å². The van der Waals surface area contributed by atoms with E-state index in [-0.39, 0.29) is 5.91 Å². The number of aromatic nitrogens is 1. The molecule has 0 spiro atoms. The number of benzene rings is 2. The topological polar surface area (TPSA) is 67.6 Å². The Morgan fingerprint density at radius 3 is 2.67 bits per heavy atom. The highest BCUT2D eigenvalue weighted by Crippen LogP contribution is 2.26. The predicted octanol–water partition coefficient (Wildman–Crippen LogP) is 4.65. The van der Waals surface area contributed by atoms with Crippen LogP contribution in [0, 0.1) is 5.92 Å². The first kappa shape index (κ1) is 20.3. The number of hydrogen-bond donors (Lipinski definition) is 1. The van der Waals surface area contributed by atoms with Gasteiger partial charge < -0.3 is 19.4 Å². The fraction of sp³-hybridized carbons (Fsp3) is 0.417. The Hall–Kier alpha value is -3.02. The molecule has 1 fully saturated rings. The third-order valence-corrected chi connectivity index (χ3v) is 5.60. The minimum absolute atomic E-state index is 0.0310. The zero-order valence-electron chi connectivity index (χ0n) is 17.5. The Morgan fingerprint density at radius 2 is 1.93 bits per heavy atom. The molecule has 30 heavy (non-hydrogen) atoms. The van der Waals surface area contributed by atoms with Crippen LogP contribution in [0.25, 0.3) is 11.1 Å². The fourth-order valence-electron chi connectivity index (χ4n) is 3.70. The lowest BCUT2D eigenvalue weighted by Crippen LogP contribution is -2.38. The van der Waals surface area contributed by atoms with Gasteiger partial charge in [-0.1, -0.05) is 25.5 Å². The number of unbranched alkanes of at least 4 members (excludes halogenated alkanes) is 1. The van der Waals surface area contributed by atoms with Gasteiger partial charge >= 0.3 is 0 Å². The Morgan fingerprint density at radius 1 is 1.17 bits per heavy atom. The van der Waals surface area contributed by atoms with Crippen molar-refractivity contribution in [3.63, 3.8) is 0 Å². The summed E-state index contributed by atoms with van der Waals surface area (Å²) >= 11 is 0. The minimum atomic E-state index is -0.0310. The van der Waals surface area contributed by atoms with Gasteiger partial charge in [0.1, 0.15) is 11.3 Å². The number of ether oxygens (including phenoxy) is 1. The number of nitrogens with zero attached hydrogens (tertiary/aromatic N) is 2. The third kappa shape index (κ3) is 4.93. The van der Waals surface area contributed by atoms with Crippen LogP contribution in [0.5, 0.6) is 5.75 Å². The molecule has 158 valence electrons. The molecule has 0 unspecified atom stereocenters. The summed E-state index contributed by atoms with van der Waals surface area (Å²) in [5, 5.41) is 3.08. The maximum Gasteiger partial charge on any atom is 0.298 e. The zero-order chi connectivity index (χ0) is 20.8. The largest absolute Gasteiger partial charge is 0.494 e. The number of carbonyl (C=O) groups excluding carboxylic acids is 1. The third-order valence-electron chi connectivity index (χ3n) is 5.60. The summed E-state index contributed by atoms with van der Waals surface area (Å²) in [7, 11) is 0. The van der Waals surface area contributed by atoms with Crippen LogP contribution < -0.4 is 15.0 Å². The number of piperidine rings is 1. The molecule has 0 radical (unpaired) electrons. The van der Waals surface area contributed by atoms with Crippen molar-refractivity contribution in [1.82, 2.24) is 10.3 Å². The van der Waals surface area contributed by atoms with Gasteiger partial charge in [0, 0.05) is 25.2 Å². The summed E-state index contributed by atoms with van der Waals surface area (Å²) in [6, 6.07) is 15.9. The summed E-state index contributed by atoms with van der Waals surface area (Å²) in [5.74, 6) is 1.24. The molecule has 1 aliphatic rings. The van der Waals surface area contributed by atoms with Gasteiger partial charge in [-0.05, 0) is 61.6 Å². The van der Waals surface area contributed by atoms with Crippen LogP contribution in [0.4, 0.5) is 6.01 Å². The van der Waals surface area contributed by atoms with Crippen LogP contribution in [0.2, 0.25) is 0 Å². The highest BCUT2D eigenvalue weighted by molar-refractivity contribution is 5.94. The van der Waals surface area contributed by atoms with Crippen molar-refractivity contribution < 1.29 is 13.9 Å². The molecular weight excluding hydrogens is 378 g/mol. The van der Waals surface area contributed by atoms with Gasteiger partial charge in [-0.2, -0.15) is 4.98 Å². The summed E-state index contributed by atoms with van der Waals surface area (Å²) in [4.78, 5) is 19.2. The van der Waals surface area contributed by atoms with Gasteiger partial charge in [-0.15, -0.1) is 0 Å². The van der Waals surface area contributed by atoms with Crippen molar-refractivity contribution in [2.45, 2.75) is 32.6 Å². The normalized spacial score (nSPS) is 14.8. The van der Waals surface area contributed by atoms with Gasteiger partial charge in [0.25, 0.3) is 11.9 Å². The van der Waals surface area contributed by atoms with Crippen molar-refractivity contribution in [3.8, 4) is 5.75 Å². The molecule has 2 aromatic carbocycles. The van der Waals surface area contributed by atoms with E-state index in [4.69, 9.17) is 9.15 Å². The molecule has 0 aliphatic carbocycles. The van der Waals surface area contributed by atoms with Crippen LogP contribution in [-0.2, 0) is 0 Å². The molecule has 0 saturated carbocycles. The number of para-hydroxylation sites is 2. The molecule has 1 aliphatic heterocycles. The summed E-state index contributed by atoms with van der Waals surface area (Å²) < 4.78 is 11.5. The van der Waals surface area contributed by atoms with Gasteiger partial charge in [0.05, 0.1) is 6.61 Å². The SMILES string of the molecule is CCCCOc1ccc(C(=O)NCC2CCN(c3nc4ccccc4o3)CC2)cc1. The standard InChI is InChI=1S/C24H29N3O3/c1-2-3-16-29-20-10-8-19(9-11-20)23(28)25-17-18-12-14-27(15-13-18)24-26-21-6-4-5-7-22(21)30-24/h4-11,18H,2-3,12-17H2,1H3,(H,25,28). The summed E-state index contributed by atoms with van der Waals surface area (Å²) in [5.41, 5.74) is 2.38. The molecular formula is C24H29N3O3. The van der Waals surface area contributed by atoms with Crippen LogP contribution in [0.1, 0.15) is 43.0 Å².